The molecule has 0 saturated heterocycles. The third-order valence-electron chi connectivity index (χ3n) is 3.16. The number of methoxy groups -OCH3 is 1. The summed E-state index contributed by atoms with van der Waals surface area (Å²) in [6, 6.07) is 11.1. The van der Waals surface area contributed by atoms with Gasteiger partial charge in [0.25, 0.3) is 0 Å². The number of benzene rings is 1. The molecule has 2 heterocycles. The highest BCUT2D eigenvalue weighted by Crippen LogP contribution is 2.37. The maximum absolute atomic E-state index is 13.4. The lowest BCUT2D eigenvalue weighted by Gasteiger charge is -2.09. The number of pyridine rings is 1. The fourth-order valence-corrected chi connectivity index (χ4v) is 2.22. The van der Waals surface area contributed by atoms with E-state index < -0.39 is 11.9 Å². The van der Waals surface area contributed by atoms with Crippen LogP contribution in [-0.4, -0.2) is 16.5 Å². The van der Waals surface area contributed by atoms with Crippen molar-refractivity contribution in [1.29, 1.82) is 0 Å². The molecular weight excluding hydrogens is 281 g/mol. The second-order valence-electron chi connectivity index (χ2n) is 4.46. The topological polar surface area (TPSA) is 26.5 Å². The van der Waals surface area contributed by atoms with E-state index in [1.165, 1.54) is 13.3 Å². The second-order valence-corrected chi connectivity index (χ2v) is 4.46. The van der Waals surface area contributed by atoms with Gasteiger partial charge in [-0.15, -0.1) is 0 Å². The predicted molar refractivity (Wildman–Crippen MR) is 72.2 cm³/mol. The fraction of sp³-hybridized carbons (Fsp3) is 0.133. The van der Waals surface area contributed by atoms with Gasteiger partial charge < -0.3 is 4.74 Å². The molecule has 2 aromatic heterocycles. The normalized spacial score (nSPS) is 11.8. The number of aromatic nitrogens is 2. The first-order valence-electron chi connectivity index (χ1n) is 6.19. The third-order valence-corrected chi connectivity index (χ3v) is 3.16. The Morgan fingerprint density at radius 3 is 2.38 bits per heavy atom. The minimum atomic E-state index is -4.49. The van der Waals surface area contributed by atoms with Crippen molar-refractivity contribution in [1.82, 2.24) is 9.38 Å². The van der Waals surface area contributed by atoms with E-state index in [-0.39, 0.29) is 11.3 Å². The van der Waals surface area contributed by atoms with Crippen LogP contribution in [0.15, 0.2) is 48.7 Å². The highest BCUT2D eigenvalue weighted by atomic mass is 19.4. The van der Waals surface area contributed by atoms with Crippen molar-refractivity contribution in [2.45, 2.75) is 6.18 Å². The number of halogens is 3. The lowest BCUT2D eigenvalue weighted by atomic mass is 10.1. The van der Waals surface area contributed by atoms with Crippen LogP contribution < -0.4 is 4.74 Å². The van der Waals surface area contributed by atoms with Crippen LogP contribution >= 0.6 is 0 Å². The van der Waals surface area contributed by atoms with Crippen LogP contribution in [-0.2, 0) is 6.18 Å². The molecule has 6 heteroatoms. The Kier molecular flexibility index (Phi) is 3.08. The van der Waals surface area contributed by atoms with Gasteiger partial charge in [-0.1, -0.05) is 6.07 Å². The summed E-state index contributed by atoms with van der Waals surface area (Å²) >= 11 is 0. The van der Waals surface area contributed by atoms with E-state index in [1.807, 2.05) is 0 Å². The quantitative estimate of drug-likeness (QED) is 0.713. The summed E-state index contributed by atoms with van der Waals surface area (Å²) < 4.78 is 46.1. The zero-order valence-corrected chi connectivity index (χ0v) is 11.1. The summed E-state index contributed by atoms with van der Waals surface area (Å²) in [6.07, 6.45) is -3.13. The molecule has 0 fully saturated rings. The van der Waals surface area contributed by atoms with Crippen molar-refractivity contribution in [3.8, 4) is 17.0 Å². The van der Waals surface area contributed by atoms with Crippen LogP contribution in [0.4, 0.5) is 13.2 Å². The maximum Gasteiger partial charge on any atom is 0.433 e. The van der Waals surface area contributed by atoms with E-state index in [2.05, 4.69) is 4.98 Å². The summed E-state index contributed by atoms with van der Waals surface area (Å²) in [5, 5.41) is 0. The number of hydrogen-bond acceptors (Lipinski definition) is 2. The Balaban J connectivity index is 2.25. The predicted octanol–water partition coefficient (Wildman–Crippen LogP) is 4.03. The lowest BCUT2D eigenvalue weighted by molar-refractivity contribution is -0.141. The van der Waals surface area contributed by atoms with Crippen molar-refractivity contribution in [3.05, 3.63) is 54.4 Å². The first-order valence-corrected chi connectivity index (χ1v) is 6.19. The van der Waals surface area contributed by atoms with E-state index in [4.69, 9.17) is 4.74 Å². The maximum atomic E-state index is 13.4. The molecule has 0 amide bonds. The van der Waals surface area contributed by atoms with Gasteiger partial charge in [0, 0.05) is 11.8 Å². The van der Waals surface area contributed by atoms with E-state index in [9.17, 15) is 13.2 Å². The van der Waals surface area contributed by atoms with Crippen molar-refractivity contribution < 1.29 is 17.9 Å². The van der Waals surface area contributed by atoms with E-state index >= 15 is 0 Å². The summed E-state index contributed by atoms with van der Waals surface area (Å²) in [5.41, 5.74) is -0.206. The molecule has 0 radical (unpaired) electrons. The fourth-order valence-electron chi connectivity index (χ4n) is 2.22. The van der Waals surface area contributed by atoms with Crippen molar-refractivity contribution in [2.24, 2.45) is 0 Å². The largest absolute Gasteiger partial charge is 0.497 e. The van der Waals surface area contributed by atoms with Crippen molar-refractivity contribution in [3.63, 3.8) is 0 Å². The molecule has 3 nitrogen and oxygen atoms in total. The van der Waals surface area contributed by atoms with Gasteiger partial charge in [0.2, 0.25) is 0 Å². The number of alkyl halides is 3. The number of fused-ring (bicyclic) bond motifs is 1. The van der Waals surface area contributed by atoms with Gasteiger partial charge in [0.15, 0.2) is 5.69 Å². The van der Waals surface area contributed by atoms with Gasteiger partial charge >= 0.3 is 6.18 Å². The van der Waals surface area contributed by atoms with E-state index in [1.54, 1.807) is 42.5 Å². The summed E-state index contributed by atoms with van der Waals surface area (Å²) in [6.45, 7) is 0. The molecule has 21 heavy (non-hydrogen) atoms. The molecule has 3 aromatic rings. The number of ether oxygens (including phenoxy) is 1. The zero-order chi connectivity index (χ0) is 15.0. The number of hydrogen-bond donors (Lipinski definition) is 0. The van der Waals surface area contributed by atoms with Gasteiger partial charge in [-0.05, 0) is 36.4 Å². The Morgan fingerprint density at radius 1 is 1.05 bits per heavy atom. The molecule has 0 aliphatic rings. The minimum Gasteiger partial charge on any atom is -0.497 e. The SMILES string of the molecule is COc1ccc(-c2nc3ccccn3c2C(F)(F)F)cc1. The van der Waals surface area contributed by atoms with Crippen LogP contribution in [0.3, 0.4) is 0 Å². The van der Waals surface area contributed by atoms with Crippen LogP contribution in [0, 0.1) is 0 Å². The van der Waals surface area contributed by atoms with Crippen molar-refractivity contribution >= 4 is 5.65 Å². The Hall–Kier alpha value is -2.50. The number of nitrogens with zero attached hydrogens (tertiary/aromatic N) is 2. The molecule has 0 saturated carbocycles. The molecule has 3 rings (SSSR count). The first-order chi connectivity index (χ1) is 10.0. The molecule has 1 aromatic carbocycles. The molecule has 0 N–H and O–H groups in total. The minimum absolute atomic E-state index is 0.0867. The second kappa shape index (κ2) is 4.80. The van der Waals surface area contributed by atoms with E-state index in [0.29, 0.717) is 11.3 Å². The van der Waals surface area contributed by atoms with Gasteiger partial charge in [-0.25, -0.2) is 4.98 Å². The van der Waals surface area contributed by atoms with Crippen LogP contribution in [0.2, 0.25) is 0 Å². The van der Waals surface area contributed by atoms with Gasteiger partial charge in [-0.2, -0.15) is 13.2 Å². The molecule has 0 atom stereocenters. The average Bonchev–Trinajstić information content (AvgIpc) is 2.86. The summed E-state index contributed by atoms with van der Waals surface area (Å²) in [5.74, 6) is 0.580. The van der Waals surface area contributed by atoms with E-state index in [0.717, 1.165) is 4.40 Å². The summed E-state index contributed by atoms with van der Waals surface area (Å²) in [4.78, 5) is 4.11. The number of imidazole rings is 1. The van der Waals surface area contributed by atoms with Crippen LogP contribution in [0.1, 0.15) is 5.69 Å². The first kappa shape index (κ1) is 13.5. The monoisotopic (exact) mass is 292 g/mol. The number of rotatable bonds is 2. The van der Waals surface area contributed by atoms with Gasteiger partial charge in [0.1, 0.15) is 17.1 Å². The van der Waals surface area contributed by atoms with Crippen LogP contribution in [0.5, 0.6) is 5.75 Å². The molecule has 0 aliphatic carbocycles. The Morgan fingerprint density at radius 2 is 1.76 bits per heavy atom. The lowest BCUT2D eigenvalue weighted by Crippen LogP contribution is -2.10. The average molecular weight is 292 g/mol. The summed E-state index contributed by atoms with van der Waals surface area (Å²) in [7, 11) is 1.50. The highest BCUT2D eigenvalue weighted by molar-refractivity contribution is 5.67. The van der Waals surface area contributed by atoms with Crippen molar-refractivity contribution in [2.75, 3.05) is 7.11 Å². The van der Waals surface area contributed by atoms with Gasteiger partial charge in [-0.3, -0.25) is 4.40 Å². The highest BCUT2D eigenvalue weighted by Gasteiger charge is 2.38. The van der Waals surface area contributed by atoms with Gasteiger partial charge in [0.05, 0.1) is 7.11 Å². The standard InChI is InChI=1S/C15H11F3N2O/c1-21-11-7-5-10(6-8-11)13-14(15(16,17)18)20-9-3-2-4-12(20)19-13/h2-9H,1H3. The molecule has 108 valence electrons. The molecule has 0 unspecified atom stereocenters. The van der Waals surface area contributed by atoms with Crippen LogP contribution in [0.25, 0.3) is 16.9 Å². The molecular formula is C15H11F3N2O. The Labute approximate surface area is 118 Å². The smallest absolute Gasteiger partial charge is 0.433 e. The third kappa shape index (κ3) is 2.33. The molecule has 0 aliphatic heterocycles. The zero-order valence-electron chi connectivity index (χ0n) is 11.1. The molecule has 0 bridgehead atoms. The Bertz CT molecular complexity index is 776. The molecule has 0 spiro atoms.